The lowest BCUT2D eigenvalue weighted by molar-refractivity contribution is 0.143. The van der Waals surface area contributed by atoms with Crippen LogP contribution < -0.4 is 10.1 Å². The fourth-order valence-electron chi connectivity index (χ4n) is 2.34. The first-order valence-corrected chi connectivity index (χ1v) is 7.83. The zero-order valence-electron chi connectivity index (χ0n) is 13.9. The zero-order chi connectivity index (χ0) is 16.8. The van der Waals surface area contributed by atoms with Crippen LogP contribution in [-0.2, 0) is 17.8 Å². The second-order valence-corrected chi connectivity index (χ2v) is 5.51. The maximum Gasteiger partial charge on any atom is 0.213 e. The van der Waals surface area contributed by atoms with Crippen LogP contribution in [-0.4, -0.2) is 40.5 Å². The first-order valence-electron chi connectivity index (χ1n) is 7.83. The molecule has 0 saturated carbocycles. The number of hydrogen-bond donors (Lipinski definition) is 2. The molecule has 0 bridgehead atoms. The first kappa shape index (κ1) is 16.4. The largest absolute Gasteiger partial charge is 0.475 e. The van der Waals surface area contributed by atoms with Gasteiger partial charge in [0.15, 0.2) is 5.65 Å². The highest BCUT2D eigenvalue weighted by Crippen LogP contribution is 2.14. The molecule has 0 radical (unpaired) electrons. The minimum absolute atomic E-state index is 0.504. The molecule has 0 saturated heterocycles. The van der Waals surface area contributed by atoms with Gasteiger partial charge in [0, 0.05) is 49.7 Å². The molecule has 0 atom stereocenters. The maximum atomic E-state index is 5.45. The van der Waals surface area contributed by atoms with Gasteiger partial charge >= 0.3 is 0 Å². The van der Waals surface area contributed by atoms with Crippen LogP contribution in [0.4, 0.5) is 0 Å². The van der Waals surface area contributed by atoms with Gasteiger partial charge in [-0.1, -0.05) is 6.07 Å². The van der Waals surface area contributed by atoms with E-state index in [1.54, 1.807) is 7.11 Å². The van der Waals surface area contributed by atoms with E-state index in [2.05, 4.69) is 31.5 Å². The third-order valence-corrected chi connectivity index (χ3v) is 3.65. The lowest BCUT2D eigenvalue weighted by Crippen LogP contribution is -2.13. The van der Waals surface area contributed by atoms with Crippen molar-refractivity contribution in [2.24, 2.45) is 0 Å². The van der Waals surface area contributed by atoms with E-state index in [1.807, 2.05) is 31.5 Å². The normalized spacial score (nSPS) is 11.1. The number of hydrogen-bond acceptors (Lipinski definition) is 6. The zero-order valence-corrected chi connectivity index (χ0v) is 13.9. The van der Waals surface area contributed by atoms with Crippen molar-refractivity contribution in [1.29, 1.82) is 0 Å². The van der Waals surface area contributed by atoms with E-state index in [0.717, 1.165) is 40.9 Å². The molecule has 126 valence electrons. The van der Waals surface area contributed by atoms with Crippen LogP contribution >= 0.6 is 0 Å². The van der Waals surface area contributed by atoms with Crippen LogP contribution in [0.3, 0.4) is 0 Å². The highest BCUT2D eigenvalue weighted by molar-refractivity contribution is 5.77. The Labute approximate surface area is 140 Å². The Morgan fingerprint density at radius 2 is 1.92 bits per heavy atom. The first-order chi connectivity index (χ1) is 11.8. The Kier molecular flexibility index (Phi) is 5.35. The lowest BCUT2D eigenvalue weighted by Gasteiger charge is -2.07. The number of methoxy groups -OCH3 is 1. The molecule has 3 aromatic heterocycles. The lowest BCUT2D eigenvalue weighted by atomic mass is 10.2. The van der Waals surface area contributed by atoms with Crippen LogP contribution in [0.1, 0.15) is 16.8 Å². The summed E-state index contributed by atoms with van der Waals surface area (Å²) in [6.07, 6.45) is 3.66. The Balaban J connectivity index is 1.50. The van der Waals surface area contributed by atoms with Crippen LogP contribution in [0.2, 0.25) is 0 Å². The van der Waals surface area contributed by atoms with Crippen LogP contribution in [0, 0.1) is 6.92 Å². The van der Waals surface area contributed by atoms with Crippen LogP contribution in [0.25, 0.3) is 11.0 Å². The number of aromatic nitrogens is 4. The molecule has 24 heavy (non-hydrogen) atoms. The molecule has 0 aromatic carbocycles. The van der Waals surface area contributed by atoms with Gasteiger partial charge in [-0.3, -0.25) is 5.10 Å². The number of nitrogens with zero attached hydrogens (tertiary/aromatic N) is 3. The topological polar surface area (TPSA) is 85.0 Å². The molecule has 0 aliphatic rings. The average molecular weight is 327 g/mol. The Morgan fingerprint density at radius 3 is 2.71 bits per heavy atom. The molecule has 0 spiro atoms. The Morgan fingerprint density at radius 1 is 1.08 bits per heavy atom. The fraction of sp³-hybridized carbons (Fsp3) is 0.353. The summed E-state index contributed by atoms with van der Waals surface area (Å²) in [6, 6.07) is 5.98. The van der Waals surface area contributed by atoms with E-state index >= 15 is 0 Å². The standard InChI is InChI=1S/C17H21N5O2/c1-12-15-7-14(11-20-17(15)22-21-12)9-18-8-13-3-4-16(19-10-13)24-6-5-23-2/h3-4,7,10-11,18H,5-6,8-9H2,1-2H3,(H,20,21,22). The van der Waals surface area contributed by atoms with Gasteiger partial charge in [0.1, 0.15) is 6.61 Å². The van der Waals surface area contributed by atoms with Crippen molar-refractivity contribution in [3.8, 4) is 5.88 Å². The maximum absolute atomic E-state index is 5.45. The predicted molar refractivity (Wildman–Crippen MR) is 90.8 cm³/mol. The second-order valence-electron chi connectivity index (χ2n) is 5.51. The number of aryl methyl sites for hydroxylation is 1. The van der Waals surface area contributed by atoms with Gasteiger partial charge < -0.3 is 14.8 Å². The number of nitrogens with one attached hydrogen (secondary N) is 2. The monoisotopic (exact) mass is 327 g/mol. The summed E-state index contributed by atoms with van der Waals surface area (Å²) in [5.41, 5.74) is 4.01. The molecule has 7 heteroatoms. The summed E-state index contributed by atoms with van der Waals surface area (Å²) in [5.74, 6) is 0.612. The molecule has 0 amide bonds. The third kappa shape index (κ3) is 4.06. The highest BCUT2D eigenvalue weighted by atomic mass is 16.5. The van der Waals surface area contributed by atoms with Crippen molar-refractivity contribution in [2.45, 2.75) is 20.0 Å². The van der Waals surface area contributed by atoms with Crippen molar-refractivity contribution >= 4 is 11.0 Å². The number of rotatable bonds is 8. The van der Waals surface area contributed by atoms with E-state index in [9.17, 15) is 0 Å². The molecule has 0 aliphatic heterocycles. The average Bonchev–Trinajstić information content (AvgIpc) is 2.97. The van der Waals surface area contributed by atoms with E-state index in [1.165, 1.54) is 0 Å². The van der Waals surface area contributed by atoms with Crippen LogP contribution in [0.15, 0.2) is 30.6 Å². The molecule has 3 heterocycles. The fourth-order valence-corrected chi connectivity index (χ4v) is 2.34. The molecule has 0 unspecified atom stereocenters. The van der Waals surface area contributed by atoms with Gasteiger partial charge in [-0.05, 0) is 24.1 Å². The smallest absolute Gasteiger partial charge is 0.213 e. The third-order valence-electron chi connectivity index (χ3n) is 3.65. The number of H-pyrrole nitrogens is 1. The van der Waals surface area contributed by atoms with Crippen molar-refractivity contribution < 1.29 is 9.47 Å². The highest BCUT2D eigenvalue weighted by Gasteiger charge is 2.04. The van der Waals surface area contributed by atoms with Crippen molar-refractivity contribution in [3.63, 3.8) is 0 Å². The summed E-state index contributed by atoms with van der Waals surface area (Å²) < 4.78 is 10.4. The number of fused-ring (bicyclic) bond motifs is 1. The van der Waals surface area contributed by atoms with Gasteiger partial charge in [-0.15, -0.1) is 0 Å². The van der Waals surface area contributed by atoms with Gasteiger partial charge in [0.25, 0.3) is 0 Å². The van der Waals surface area contributed by atoms with E-state index in [-0.39, 0.29) is 0 Å². The Bertz CT molecular complexity index is 785. The van der Waals surface area contributed by atoms with Crippen molar-refractivity contribution in [1.82, 2.24) is 25.5 Å². The van der Waals surface area contributed by atoms with E-state index in [4.69, 9.17) is 9.47 Å². The number of ether oxygens (including phenoxy) is 2. The molecule has 3 rings (SSSR count). The quantitative estimate of drug-likeness (QED) is 0.615. The molecule has 7 nitrogen and oxygen atoms in total. The number of pyridine rings is 2. The molecular formula is C17H21N5O2. The summed E-state index contributed by atoms with van der Waals surface area (Å²) in [5, 5.41) is 11.5. The minimum atomic E-state index is 0.504. The Hall–Kier alpha value is -2.51. The molecule has 3 aromatic rings. The summed E-state index contributed by atoms with van der Waals surface area (Å²) >= 11 is 0. The van der Waals surface area contributed by atoms with Crippen LogP contribution in [0.5, 0.6) is 5.88 Å². The van der Waals surface area contributed by atoms with Crippen molar-refractivity contribution in [3.05, 3.63) is 47.4 Å². The van der Waals surface area contributed by atoms with Gasteiger partial charge in [0.2, 0.25) is 5.88 Å². The minimum Gasteiger partial charge on any atom is -0.475 e. The SMILES string of the molecule is COCCOc1ccc(CNCc2cnc3n[nH]c(C)c3c2)cn1. The molecule has 2 N–H and O–H groups in total. The van der Waals surface area contributed by atoms with Gasteiger partial charge in [-0.2, -0.15) is 5.10 Å². The summed E-state index contributed by atoms with van der Waals surface area (Å²) in [4.78, 5) is 8.63. The van der Waals surface area contributed by atoms with Gasteiger partial charge in [0.05, 0.1) is 6.61 Å². The molecule has 0 aliphatic carbocycles. The second kappa shape index (κ2) is 7.85. The van der Waals surface area contributed by atoms with Gasteiger partial charge in [-0.25, -0.2) is 9.97 Å². The molecular weight excluding hydrogens is 306 g/mol. The summed E-state index contributed by atoms with van der Waals surface area (Å²) in [7, 11) is 1.65. The molecule has 0 fully saturated rings. The predicted octanol–water partition coefficient (Wildman–Crippen LogP) is 1.98. The van der Waals surface area contributed by atoms with E-state index in [0.29, 0.717) is 19.1 Å². The summed E-state index contributed by atoms with van der Waals surface area (Å²) in [6.45, 7) is 4.52. The van der Waals surface area contributed by atoms with E-state index < -0.39 is 0 Å². The number of aromatic amines is 1. The van der Waals surface area contributed by atoms with Crippen molar-refractivity contribution in [2.75, 3.05) is 20.3 Å².